The number of halogens is 3. The normalized spacial score (nSPS) is 16.2. The van der Waals surface area contributed by atoms with Crippen LogP contribution in [0.3, 0.4) is 0 Å². The Morgan fingerprint density at radius 3 is 2.33 bits per heavy atom. The lowest BCUT2D eigenvalue weighted by Gasteiger charge is -2.26. The molecule has 5 rings (SSSR count). The van der Waals surface area contributed by atoms with Crippen LogP contribution in [0, 0.1) is 17.5 Å². The SMILES string of the molecule is O=C(C1=C(O)C(=O)N(c2ccc(F)c(F)c2)C1c1ccc(F)cc1)c1cc2ccccc2o1. The van der Waals surface area contributed by atoms with Gasteiger partial charge in [0.15, 0.2) is 23.2 Å². The minimum atomic E-state index is -1.23. The number of carbonyl (C=O) groups is 2. The Morgan fingerprint density at radius 1 is 0.909 bits per heavy atom. The molecule has 5 nitrogen and oxygen atoms in total. The van der Waals surface area contributed by atoms with Gasteiger partial charge in [0, 0.05) is 17.1 Å². The Morgan fingerprint density at radius 2 is 1.64 bits per heavy atom. The molecule has 3 aromatic carbocycles. The van der Waals surface area contributed by atoms with E-state index in [9.17, 15) is 27.9 Å². The molecule has 0 bridgehead atoms. The van der Waals surface area contributed by atoms with Gasteiger partial charge in [-0.05, 0) is 42.0 Å². The molecule has 0 aliphatic carbocycles. The highest BCUT2D eigenvalue weighted by Gasteiger charge is 2.45. The minimum absolute atomic E-state index is 0.0906. The van der Waals surface area contributed by atoms with E-state index >= 15 is 0 Å². The largest absolute Gasteiger partial charge is 0.503 e. The van der Waals surface area contributed by atoms with Crippen LogP contribution in [0.5, 0.6) is 0 Å². The van der Waals surface area contributed by atoms with E-state index in [1.54, 1.807) is 24.3 Å². The Balaban J connectivity index is 1.67. The fourth-order valence-electron chi connectivity index (χ4n) is 3.93. The minimum Gasteiger partial charge on any atom is -0.503 e. The van der Waals surface area contributed by atoms with Crippen molar-refractivity contribution in [2.75, 3.05) is 4.90 Å². The maximum atomic E-state index is 14.0. The quantitative estimate of drug-likeness (QED) is 0.410. The van der Waals surface area contributed by atoms with Crippen molar-refractivity contribution in [3.63, 3.8) is 0 Å². The van der Waals surface area contributed by atoms with Gasteiger partial charge in [-0.15, -0.1) is 0 Å². The van der Waals surface area contributed by atoms with Gasteiger partial charge in [-0.2, -0.15) is 0 Å². The first-order chi connectivity index (χ1) is 15.8. The van der Waals surface area contributed by atoms with Gasteiger partial charge < -0.3 is 9.52 Å². The van der Waals surface area contributed by atoms with Crippen molar-refractivity contribution >= 4 is 28.3 Å². The molecular weight excluding hydrogens is 435 g/mol. The Bertz CT molecular complexity index is 1420. The van der Waals surface area contributed by atoms with E-state index in [0.29, 0.717) is 11.0 Å². The summed E-state index contributed by atoms with van der Waals surface area (Å²) in [5, 5.41) is 11.3. The highest BCUT2D eigenvalue weighted by Crippen LogP contribution is 2.42. The van der Waals surface area contributed by atoms with Crippen molar-refractivity contribution in [1.82, 2.24) is 0 Å². The second-order valence-electron chi connectivity index (χ2n) is 7.47. The predicted octanol–water partition coefficient (Wildman–Crippen LogP) is 5.63. The van der Waals surface area contributed by atoms with Crippen LogP contribution in [0.15, 0.2) is 88.5 Å². The predicted molar refractivity (Wildman–Crippen MR) is 113 cm³/mol. The van der Waals surface area contributed by atoms with E-state index in [4.69, 9.17) is 4.42 Å². The lowest BCUT2D eigenvalue weighted by molar-refractivity contribution is -0.117. The third kappa shape index (κ3) is 3.36. The number of aliphatic hydroxyl groups excluding tert-OH is 1. The lowest BCUT2D eigenvalue weighted by atomic mass is 9.94. The number of nitrogens with zero attached hydrogens (tertiary/aromatic N) is 1. The fourth-order valence-corrected chi connectivity index (χ4v) is 3.93. The second-order valence-corrected chi connectivity index (χ2v) is 7.47. The number of carbonyl (C=O) groups excluding carboxylic acids is 2. The van der Waals surface area contributed by atoms with Gasteiger partial charge in [-0.3, -0.25) is 14.5 Å². The maximum Gasteiger partial charge on any atom is 0.294 e. The number of Topliss-reactive ketones (excluding diaryl/α,β-unsaturated/α-hetero) is 1. The van der Waals surface area contributed by atoms with Crippen LogP contribution in [-0.4, -0.2) is 16.8 Å². The van der Waals surface area contributed by atoms with Gasteiger partial charge in [-0.25, -0.2) is 13.2 Å². The number of furan rings is 1. The smallest absolute Gasteiger partial charge is 0.294 e. The van der Waals surface area contributed by atoms with Gasteiger partial charge in [0.2, 0.25) is 5.78 Å². The molecule has 1 amide bonds. The van der Waals surface area contributed by atoms with E-state index in [2.05, 4.69) is 0 Å². The summed E-state index contributed by atoms with van der Waals surface area (Å²) in [6.45, 7) is 0. The van der Waals surface area contributed by atoms with Gasteiger partial charge in [-0.1, -0.05) is 30.3 Å². The molecular formula is C25H14F3NO4. The second kappa shape index (κ2) is 7.67. The van der Waals surface area contributed by atoms with E-state index in [0.717, 1.165) is 35.2 Å². The number of hydrogen-bond acceptors (Lipinski definition) is 4. The molecule has 1 unspecified atom stereocenters. The zero-order valence-corrected chi connectivity index (χ0v) is 16.8. The van der Waals surface area contributed by atoms with Crippen molar-refractivity contribution in [3.05, 3.63) is 113 Å². The molecule has 8 heteroatoms. The first-order valence-electron chi connectivity index (χ1n) is 9.85. The first-order valence-corrected chi connectivity index (χ1v) is 9.85. The molecule has 1 aromatic heterocycles. The summed E-state index contributed by atoms with van der Waals surface area (Å²) < 4.78 is 46.6. The Labute approximate surface area is 185 Å². The molecule has 2 heterocycles. The summed E-state index contributed by atoms with van der Waals surface area (Å²) in [5.74, 6) is -5.63. The molecule has 0 spiro atoms. The summed E-state index contributed by atoms with van der Waals surface area (Å²) in [6, 6.07) is 14.8. The van der Waals surface area contributed by atoms with Crippen LogP contribution in [0.2, 0.25) is 0 Å². The number of hydrogen-bond donors (Lipinski definition) is 1. The highest BCUT2D eigenvalue weighted by atomic mass is 19.2. The summed E-state index contributed by atoms with van der Waals surface area (Å²) >= 11 is 0. The van der Waals surface area contributed by atoms with Gasteiger partial charge >= 0.3 is 0 Å². The number of amides is 1. The Kier molecular flexibility index (Phi) is 4.78. The zero-order chi connectivity index (χ0) is 23.3. The van der Waals surface area contributed by atoms with Crippen molar-refractivity contribution in [2.24, 2.45) is 0 Å². The molecule has 0 saturated heterocycles. The topological polar surface area (TPSA) is 70.8 Å². The summed E-state index contributed by atoms with van der Waals surface area (Å²) in [6.07, 6.45) is 0. The van der Waals surface area contributed by atoms with Crippen LogP contribution in [0.1, 0.15) is 22.2 Å². The summed E-state index contributed by atoms with van der Waals surface area (Å²) in [5.41, 5.74) is 0.293. The summed E-state index contributed by atoms with van der Waals surface area (Å²) in [4.78, 5) is 27.4. The number of ketones is 1. The molecule has 0 fully saturated rings. The number of fused-ring (bicyclic) bond motifs is 1. The van der Waals surface area contributed by atoms with E-state index < -0.39 is 40.9 Å². The molecule has 33 heavy (non-hydrogen) atoms. The number of benzene rings is 3. The standard InChI is InChI=1S/C25H14F3NO4/c26-15-7-5-13(6-8-15)22-21(23(30)20-11-14-3-1-2-4-19(14)33-20)24(31)25(32)29(22)16-9-10-17(27)18(28)12-16/h1-12,22,31H. The third-order valence-corrected chi connectivity index (χ3v) is 5.47. The average Bonchev–Trinajstić information content (AvgIpc) is 3.35. The molecule has 0 radical (unpaired) electrons. The fraction of sp³-hybridized carbons (Fsp3) is 0.0400. The molecule has 164 valence electrons. The molecule has 0 saturated carbocycles. The van der Waals surface area contributed by atoms with E-state index in [1.165, 1.54) is 18.2 Å². The maximum absolute atomic E-state index is 14.0. The molecule has 1 aliphatic heterocycles. The van der Waals surface area contributed by atoms with Gasteiger partial charge in [0.1, 0.15) is 11.4 Å². The molecule has 1 N–H and O–H groups in total. The lowest BCUT2D eigenvalue weighted by Crippen LogP contribution is -2.31. The van der Waals surface area contributed by atoms with Crippen molar-refractivity contribution in [2.45, 2.75) is 6.04 Å². The zero-order valence-electron chi connectivity index (χ0n) is 16.8. The number of aliphatic hydroxyl groups is 1. The third-order valence-electron chi connectivity index (χ3n) is 5.47. The molecule has 4 aromatic rings. The molecule has 1 aliphatic rings. The van der Waals surface area contributed by atoms with Crippen molar-refractivity contribution in [3.8, 4) is 0 Å². The number of anilines is 1. The summed E-state index contributed by atoms with van der Waals surface area (Å²) in [7, 11) is 0. The van der Waals surface area contributed by atoms with Gasteiger partial charge in [0.05, 0.1) is 11.6 Å². The van der Waals surface area contributed by atoms with Crippen LogP contribution < -0.4 is 4.90 Å². The van der Waals surface area contributed by atoms with E-state index in [1.807, 2.05) is 0 Å². The number of para-hydroxylation sites is 1. The Hall–Kier alpha value is -4.33. The number of rotatable bonds is 4. The van der Waals surface area contributed by atoms with E-state index in [-0.39, 0.29) is 22.6 Å². The van der Waals surface area contributed by atoms with Crippen molar-refractivity contribution < 1.29 is 32.3 Å². The van der Waals surface area contributed by atoms with Crippen LogP contribution >= 0.6 is 0 Å². The average molecular weight is 449 g/mol. The van der Waals surface area contributed by atoms with Crippen LogP contribution in [0.4, 0.5) is 18.9 Å². The first kappa shape index (κ1) is 20.6. The highest BCUT2D eigenvalue weighted by molar-refractivity contribution is 6.20. The molecule has 1 atom stereocenters. The van der Waals surface area contributed by atoms with Crippen molar-refractivity contribution in [1.29, 1.82) is 0 Å². The van der Waals surface area contributed by atoms with Crippen LogP contribution in [-0.2, 0) is 4.79 Å². The van der Waals surface area contributed by atoms with Gasteiger partial charge in [0.25, 0.3) is 5.91 Å². The van der Waals surface area contributed by atoms with Crippen LogP contribution in [0.25, 0.3) is 11.0 Å². The monoisotopic (exact) mass is 449 g/mol.